The van der Waals surface area contributed by atoms with Crippen molar-refractivity contribution >= 4 is 46.8 Å². The third-order valence-corrected chi connectivity index (χ3v) is 6.21. The van der Waals surface area contributed by atoms with E-state index in [0.29, 0.717) is 23.0 Å². The number of carbonyl (C=O) groups is 2. The molecule has 2 rings (SSSR count). The van der Waals surface area contributed by atoms with Crippen LogP contribution in [-0.4, -0.2) is 59.9 Å². The summed E-state index contributed by atoms with van der Waals surface area (Å²) in [6.07, 6.45) is 4.40. The molecule has 0 radical (unpaired) electrons. The van der Waals surface area contributed by atoms with Crippen LogP contribution >= 0.6 is 35.0 Å². The van der Waals surface area contributed by atoms with E-state index in [2.05, 4.69) is 29.4 Å². The van der Waals surface area contributed by atoms with Crippen molar-refractivity contribution in [3.8, 4) is 0 Å². The van der Waals surface area contributed by atoms with Gasteiger partial charge >= 0.3 is 0 Å². The van der Waals surface area contributed by atoms with E-state index in [1.165, 1.54) is 6.07 Å². The van der Waals surface area contributed by atoms with Crippen LogP contribution in [0.2, 0.25) is 10.0 Å². The monoisotopic (exact) mass is 445 g/mol. The Bertz CT molecular complexity index is 679. The summed E-state index contributed by atoms with van der Waals surface area (Å²) in [5.41, 5.74) is 0.318. The van der Waals surface area contributed by atoms with E-state index in [1.54, 1.807) is 23.9 Å². The molecule has 0 aliphatic carbocycles. The molecule has 1 aromatic rings. The number of rotatable bonds is 8. The van der Waals surface area contributed by atoms with Crippen molar-refractivity contribution in [3.05, 3.63) is 33.8 Å². The van der Waals surface area contributed by atoms with Crippen LogP contribution in [0.5, 0.6) is 0 Å². The van der Waals surface area contributed by atoms with Crippen LogP contribution in [0.1, 0.15) is 43.5 Å². The maximum Gasteiger partial charge on any atom is 0.253 e. The Balaban J connectivity index is 1.98. The molecule has 8 heteroatoms. The Morgan fingerprint density at radius 3 is 2.50 bits per heavy atom. The SMILES string of the molecule is CSCCC(NC(=O)c1ccc(Cl)cc1Cl)C(=O)NC1CCN(C(C)C)CC1. The molecule has 0 aromatic heterocycles. The van der Waals surface area contributed by atoms with Crippen molar-refractivity contribution < 1.29 is 9.59 Å². The van der Waals surface area contributed by atoms with Gasteiger partial charge in [-0.15, -0.1) is 0 Å². The quantitative estimate of drug-likeness (QED) is 0.637. The van der Waals surface area contributed by atoms with Gasteiger partial charge in [0.1, 0.15) is 6.04 Å². The highest BCUT2D eigenvalue weighted by Crippen LogP contribution is 2.21. The van der Waals surface area contributed by atoms with Crippen molar-refractivity contribution in [3.63, 3.8) is 0 Å². The highest BCUT2D eigenvalue weighted by molar-refractivity contribution is 7.98. The van der Waals surface area contributed by atoms with Crippen LogP contribution in [-0.2, 0) is 4.79 Å². The summed E-state index contributed by atoms with van der Waals surface area (Å²) in [5.74, 6) is 0.284. The number of hydrogen-bond acceptors (Lipinski definition) is 4. The van der Waals surface area contributed by atoms with Gasteiger partial charge in [0.05, 0.1) is 10.6 Å². The van der Waals surface area contributed by atoms with Crippen molar-refractivity contribution in [1.82, 2.24) is 15.5 Å². The third kappa shape index (κ3) is 6.83. The molecule has 1 aromatic carbocycles. The van der Waals surface area contributed by atoms with Crippen LogP contribution in [0, 0.1) is 0 Å². The first-order valence-corrected chi connectivity index (χ1v) is 11.8. The fourth-order valence-corrected chi connectivity index (χ4v) is 4.24. The summed E-state index contributed by atoms with van der Waals surface area (Å²) in [6, 6.07) is 4.80. The number of hydrogen-bond donors (Lipinski definition) is 2. The Kier molecular flexibility index (Phi) is 9.41. The number of likely N-dealkylation sites (tertiary alicyclic amines) is 1. The second-order valence-corrected chi connectivity index (χ2v) is 9.17. The van der Waals surface area contributed by atoms with Crippen molar-refractivity contribution in [1.29, 1.82) is 0 Å². The molecule has 2 N–H and O–H groups in total. The zero-order valence-corrected chi connectivity index (χ0v) is 19.0. The summed E-state index contributed by atoms with van der Waals surface area (Å²) >= 11 is 13.7. The number of halogens is 2. The fourth-order valence-electron chi connectivity index (χ4n) is 3.28. The van der Waals surface area contributed by atoms with Gasteiger partial charge in [-0.2, -0.15) is 11.8 Å². The number of nitrogens with one attached hydrogen (secondary N) is 2. The Morgan fingerprint density at radius 1 is 1.25 bits per heavy atom. The van der Waals surface area contributed by atoms with E-state index in [4.69, 9.17) is 23.2 Å². The fraction of sp³-hybridized carbons (Fsp3) is 0.600. The number of benzene rings is 1. The van der Waals surface area contributed by atoms with Crippen LogP contribution in [0.25, 0.3) is 0 Å². The van der Waals surface area contributed by atoms with Crippen LogP contribution in [0.4, 0.5) is 0 Å². The molecule has 0 spiro atoms. The number of carbonyl (C=O) groups excluding carboxylic acids is 2. The predicted octanol–water partition coefficient (Wildman–Crippen LogP) is 3.83. The number of thioether (sulfide) groups is 1. The highest BCUT2D eigenvalue weighted by atomic mass is 35.5. The molecule has 1 aliphatic heterocycles. The summed E-state index contributed by atoms with van der Waals surface area (Å²) in [4.78, 5) is 27.9. The van der Waals surface area contributed by atoms with E-state index >= 15 is 0 Å². The first kappa shape index (κ1) is 23.3. The lowest BCUT2D eigenvalue weighted by atomic mass is 10.0. The Labute approximate surface area is 181 Å². The Hall–Kier alpha value is -0.950. The van der Waals surface area contributed by atoms with E-state index in [0.717, 1.165) is 31.7 Å². The van der Waals surface area contributed by atoms with E-state index in [1.807, 2.05) is 6.26 Å². The summed E-state index contributed by atoms with van der Waals surface area (Å²) < 4.78 is 0. The normalized spacial score (nSPS) is 16.8. The lowest BCUT2D eigenvalue weighted by molar-refractivity contribution is -0.124. The van der Waals surface area contributed by atoms with Gasteiger partial charge in [0.2, 0.25) is 5.91 Å². The minimum Gasteiger partial charge on any atom is -0.351 e. The van der Waals surface area contributed by atoms with Crippen LogP contribution < -0.4 is 10.6 Å². The van der Waals surface area contributed by atoms with E-state index in [-0.39, 0.29) is 22.9 Å². The minimum absolute atomic E-state index is 0.129. The summed E-state index contributed by atoms with van der Waals surface area (Å²) in [6.45, 7) is 6.33. The first-order chi connectivity index (χ1) is 13.3. The van der Waals surface area contributed by atoms with Gasteiger partial charge in [0.15, 0.2) is 0 Å². The smallest absolute Gasteiger partial charge is 0.253 e. The topological polar surface area (TPSA) is 61.4 Å². The Morgan fingerprint density at radius 2 is 1.93 bits per heavy atom. The third-order valence-electron chi connectivity index (χ3n) is 5.01. The summed E-state index contributed by atoms with van der Waals surface area (Å²) in [7, 11) is 0. The molecular weight excluding hydrogens is 417 g/mol. The molecule has 1 atom stereocenters. The van der Waals surface area contributed by atoms with Crippen LogP contribution in [0.15, 0.2) is 18.2 Å². The molecule has 1 unspecified atom stereocenters. The maximum atomic E-state index is 12.8. The van der Waals surface area contributed by atoms with Gasteiger partial charge in [0.25, 0.3) is 5.91 Å². The largest absolute Gasteiger partial charge is 0.351 e. The first-order valence-electron chi connectivity index (χ1n) is 9.61. The van der Waals surface area contributed by atoms with Gasteiger partial charge in [-0.1, -0.05) is 23.2 Å². The molecule has 2 amide bonds. The van der Waals surface area contributed by atoms with Crippen molar-refractivity contribution in [2.24, 2.45) is 0 Å². The molecule has 0 saturated carbocycles. The van der Waals surface area contributed by atoms with Gasteiger partial charge in [0, 0.05) is 30.2 Å². The van der Waals surface area contributed by atoms with Gasteiger partial charge in [-0.3, -0.25) is 9.59 Å². The molecule has 28 heavy (non-hydrogen) atoms. The highest BCUT2D eigenvalue weighted by Gasteiger charge is 2.27. The molecule has 156 valence electrons. The van der Waals surface area contributed by atoms with E-state index in [9.17, 15) is 9.59 Å². The zero-order valence-electron chi connectivity index (χ0n) is 16.6. The average molecular weight is 446 g/mol. The lowest BCUT2D eigenvalue weighted by Crippen LogP contribution is -2.53. The van der Waals surface area contributed by atoms with Gasteiger partial charge in [-0.25, -0.2) is 0 Å². The van der Waals surface area contributed by atoms with Crippen molar-refractivity contribution in [2.75, 3.05) is 25.1 Å². The number of amides is 2. The molecule has 5 nitrogen and oxygen atoms in total. The number of nitrogens with zero attached hydrogens (tertiary/aromatic N) is 1. The molecular formula is C20H29Cl2N3O2S. The van der Waals surface area contributed by atoms with Crippen LogP contribution in [0.3, 0.4) is 0 Å². The molecule has 1 fully saturated rings. The van der Waals surface area contributed by atoms with Gasteiger partial charge in [-0.05, 0) is 63.3 Å². The van der Waals surface area contributed by atoms with Crippen molar-refractivity contribution in [2.45, 2.75) is 51.2 Å². The molecule has 1 heterocycles. The molecule has 1 aliphatic rings. The second-order valence-electron chi connectivity index (χ2n) is 7.34. The van der Waals surface area contributed by atoms with E-state index < -0.39 is 6.04 Å². The maximum absolute atomic E-state index is 12.8. The average Bonchev–Trinajstić information content (AvgIpc) is 2.65. The summed E-state index contributed by atoms with van der Waals surface area (Å²) in [5, 5.41) is 6.70. The predicted molar refractivity (Wildman–Crippen MR) is 119 cm³/mol. The number of piperidine rings is 1. The molecule has 1 saturated heterocycles. The lowest BCUT2D eigenvalue weighted by Gasteiger charge is -2.35. The van der Waals surface area contributed by atoms with Gasteiger partial charge < -0.3 is 15.5 Å². The standard InChI is InChI=1S/C20H29Cl2N3O2S/c1-13(2)25-9-6-15(7-10-25)23-20(27)18(8-11-28-3)24-19(26)16-5-4-14(21)12-17(16)22/h4-5,12-13,15,18H,6-11H2,1-3H3,(H,23,27)(H,24,26). The molecule has 0 bridgehead atoms. The minimum atomic E-state index is -0.588. The second kappa shape index (κ2) is 11.3. The zero-order chi connectivity index (χ0) is 20.7.